The average molecular weight is 250 g/mol. The Labute approximate surface area is 113 Å². The summed E-state index contributed by atoms with van der Waals surface area (Å²) < 4.78 is 0. The van der Waals surface area contributed by atoms with Gasteiger partial charge in [-0.3, -0.25) is 4.90 Å². The van der Waals surface area contributed by atoms with Gasteiger partial charge in [0.25, 0.3) is 0 Å². The maximum Gasteiger partial charge on any atom is 0.0271 e. The lowest BCUT2D eigenvalue weighted by Gasteiger charge is -2.47. The molecule has 0 aromatic rings. The van der Waals surface area contributed by atoms with Crippen LogP contribution in [0.3, 0.4) is 0 Å². The molecule has 3 fully saturated rings. The highest BCUT2D eigenvalue weighted by atomic mass is 15.2. The second-order valence-corrected chi connectivity index (χ2v) is 7.62. The first-order valence-corrected chi connectivity index (χ1v) is 8.03. The Morgan fingerprint density at radius 1 is 1.00 bits per heavy atom. The van der Waals surface area contributed by atoms with E-state index in [0.717, 1.165) is 17.9 Å². The van der Waals surface area contributed by atoms with Crippen LogP contribution in [0.4, 0.5) is 0 Å². The molecule has 4 atom stereocenters. The third-order valence-electron chi connectivity index (χ3n) is 6.08. The molecule has 2 heteroatoms. The number of likely N-dealkylation sites (N-methyl/N-ethyl adjacent to an activating group) is 1. The second-order valence-electron chi connectivity index (χ2n) is 7.62. The van der Waals surface area contributed by atoms with Gasteiger partial charge in [-0.25, -0.2) is 0 Å². The zero-order chi connectivity index (χ0) is 12.8. The Kier molecular flexibility index (Phi) is 3.44. The fourth-order valence-corrected chi connectivity index (χ4v) is 5.13. The topological polar surface area (TPSA) is 15.3 Å². The van der Waals surface area contributed by atoms with Crippen molar-refractivity contribution in [3.8, 4) is 0 Å². The van der Waals surface area contributed by atoms with Crippen LogP contribution in [0, 0.1) is 17.3 Å². The predicted molar refractivity (Wildman–Crippen MR) is 76.7 cm³/mol. The summed E-state index contributed by atoms with van der Waals surface area (Å²) in [6.07, 6.45) is 8.71. The van der Waals surface area contributed by atoms with Crippen molar-refractivity contribution in [2.45, 2.75) is 64.5 Å². The number of likely N-dealkylation sites (tertiary alicyclic amines) is 1. The Morgan fingerprint density at radius 3 is 2.28 bits per heavy atom. The monoisotopic (exact) mass is 250 g/mol. The average Bonchev–Trinajstić information content (AvgIpc) is 2.87. The van der Waals surface area contributed by atoms with Crippen LogP contribution < -0.4 is 5.32 Å². The lowest BCUT2D eigenvalue weighted by molar-refractivity contribution is 0.0614. The highest BCUT2D eigenvalue weighted by Crippen LogP contribution is 2.43. The first-order chi connectivity index (χ1) is 8.62. The van der Waals surface area contributed by atoms with Crippen molar-refractivity contribution in [2.75, 3.05) is 20.1 Å². The van der Waals surface area contributed by atoms with E-state index < -0.39 is 0 Å². The minimum atomic E-state index is 0.468. The SMILES string of the molecule is CNC1C(N2CC3CCCC3C2)CCCC1(C)C. The molecule has 0 amide bonds. The molecule has 18 heavy (non-hydrogen) atoms. The number of nitrogens with one attached hydrogen (secondary N) is 1. The highest BCUT2D eigenvalue weighted by Gasteiger charge is 2.45. The molecule has 1 N–H and O–H groups in total. The maximum absolute atomic E-state index is 3.65. The summed E-state index contributed by atoms with van der Waals surface area (Å²) in [5.74, 6) is 2.07. The van der Waals surface area contributed by atoms with Crippen LogP contribution in [0.15, 0.2) is 0 Å². The van der Waals surface area contributed by atoms with E-state index in [4.69, 9.17) is 0 Å². The molecule has 0 spiro atoms. The van der Waals surface area contributed by atoms with Gasteiger partial charge in [-0.1, -0.05) is 26.7 Å². The Bertz CT molecular complexity index is 287. The molecule has 1 heterocycles. The van der Waals surface area contributed by atoms with E-state index in [1.165, 1.54) is 51.6 Å². The van der Waals surface area contributed by atoms with Gasteiger partial charge in [0, 0.05) is 25.2 Å². The highest BCUT2D eigenvalue weighted by molar-refractivity contribution is 5.01. The van der Waals surface area contributed by atoms with Crippen molar-refractivity contribution >= 4 is 0 Å². The molecule has 1 aliphatic heterocycles. The zero-order valence-electron chi connectivity index (χ0n) is 12.4. The van der Waals surface area contributed by atoms with E-state index in [-0.39, 0.29) is 0 Å². The van der Waals surface area contributed by atoms with Gasteiger partial charge in [-0.05, 0) is 50.0 Å². The van der Waals surface area contributed by atoms with Crippen molar-refractivity contribution < 1.29 is 0 Å². The van der Waals surface area contributed by atoms with E-state index in [1.54, 1.807) is 0 Å². The molecule has 4 unspecified atom stereocenters. The number of rotatable bonds is 2. The zero-order valence-corrected chi connectivity index (χ0v) is 12.4. The summed E-state index contributed by atoms with van der Waals surface area (Å²) in [5, 5.41) is 3.65. The molecule has 3 aliphatic rings. The molecule has 1 saturated heterocycles. The van der Waals surface area contributed by atoms with Crippen LogP contribution in [-0.4, -0.2) is 37.1 Å². The van der Waals surface area contributed by atoms with Crippen LogP contribution in [0.2, 0.25) is 0 Å². The molecule has 0 bridgehead atoms. The van der Waals surface area contributed by atoms with Crippen molar-refractivity contribution in [2.24, 2.45) is 17.3 Å². The molecular weight excluding hydrogens is 220 g/mol. The van der Waals surface area contributed by atoms with Gasteiger partial charge in [0.05, 0.1) is 0 Å². The lowest BCUT2D eigenvalue weighted by atomic mass is 9.70. The predicted octanol–water partition coefficient (Wildman–Crippen LogP) is 2.89. The number of fused-ring (bicyclic) bond motifs is 1. The van der Waals surface area contributed by atoms with Crippen molar-refractivity contribution in [1.82, 2.24) is 10.2 Å². The lowest BCUT2D eigenvalue weighted by Crippen LogP contribution is -2.57. The second kappa shape index (κ2) is 4.79. The molecule has 0 radical (unpaired) electrons. The summed E-state index contributed by atoms with van der Waals surface area (Å²) in [7, 11) is 2.17. The molecule has 2 aliphatic carbocycles. The van der Waals surface area contributed by atoms with Crippen molar-refractivity contribution in [3.05, 3.63) is 0 Å². The summed E-state index contributed by atoms with van der Waals surface area (Å²) in [4.78, 5) is 2.84. The van der Waals surface area contributed by atoms with E-state index in [0.29, 0.717) is 11.5 Å². The van der Waals surface area contributed by atoms with Crippen molar-refractivity contribution in [1.29, 1.82) is 0 Å². The fraction of sp³-hybridized carbons (Fsp3) is 1.00. The number of nitrogens with zero attached hydrogens (tertiary/aromatic N) is 1. The number of hydrogen-bond donors (Lipinski definition) is 1. The Hall–Kier alpha value is -0.0800. The molecular formula is C16H30N2. The van der Waals surface area contributed by atoms with Gasteiger partial charge in [0.1, 0.15) is 0 Å². The molecule has 2 nitrogen and oxygen atoms in total. The molecule has 0 aromatic heterocycles. The largest absolute Gasteiger partial charge is 0.315 e. The van der Waals surface area contributed by atoms with Crippen LogP contribution in [0.5, 0.6) is 0 Å². The molecule has 0 aromatic carbocycles. The third kappa shape index (κ3) is 2.12. The molecule has 2 saturated carbocycles. The molecule has 3 rings (SSSR count). The summed E-state index contributed by atoms with van der Waals surface area (Å²) >= 11 is 0. The summed E-state index contributed by atoms with van der Waals surface area (Å²) in [5.41, 5.74) is 0.468. The fourth-order valence-electron chi connectivity index (χ4n) is 5.13. The maximum atomic E-state index is 3.65. The third-order valence-corrected chi connectivity index (χ3v) is 6.08. The van der Waals surface area contributed by atoms with Gasteiger partial charge in [-0.2, -0.15) is 0 Å². The van der Waals surface area contributed by atoms with Crippen LogP contribution in [-0.2, 0) is 0 Å². The first kappa shape index (κ1) is 12.9. The Morgan fingerprint density at radius 2 is 1.67 bits per heavy atom. The van der Waals surface area contributed by atoms with E-state index in [1.807, 2.05) is 0 Å². The standard InChI is InChI=1S/C16H30N2/c1-16(2)9-5-8-14(15(16)17-3)18-10-12-6-4-7-13(12)11-18/h12-15,17H,4-11H2,1-3H3. The quantitative estimate of drug-likeness (QED) is 0.811. The minimum Gasteiger partial charge on any atom is -0.315 e. The van der Waals surface area contributed by atoms with Gasteiger partial charge in [-0.15, -0.1) is 0 Å². The molecule has 104 valence electrons. The minimum absolute atomic E-state index is 0.468. The van der Waals surface area contributed by atoms with Crippen molar-refractivity contribution in [3.63, 3.8) is 0 Å². The smallest absolute Gasteiger partial charge is 0.0271 e. The summed E-state index contributed by atoms with van der Waals surface area (Å²) in [6, 6.07) is 1.48. The van der Waals surface area contributed by atoms with E-state index in [2.05, 4.69) is 31.1 Å². The van der Waals surface area contributed by atoms with Gasteiger partial charge in [0.2, 0.25) is 0 Å². The van der Waals surface area contributed by atoms with Crippen LogP contribution in [0.25, 0.3) is 0 Å². The van der Waals surface area contributed by atoms with Crippen LogP contribution >= 0.6 is 0 Å². The normalized spacial score (nSPS) is 44.2. The van der Waals surface area contributed by atoms with Gasteiger partial charge >= 0.3 is 0 Å². The number of hydrogen-bond acceptors (Lipinski definition) is 2. The first-order valence-electron chi connectivity index (χ1n) is 8.03. The van der Waals surface area contributed by atoms with Gasteiger partial charge in [0.15, 0.2) is 0 Å². The Balaban J connectivity index is 1.71. The van der Waals surface area contributed by atoms with Gasteiger partial charge < -0.3 is 5.32 Å². The van der Waals surface area contributed by atoms with E-state index in [9.17, 15) is 0 Å². The van der Waals surface area contributed by atoms with E-state index >= 15 is 0 Å². The van der Waals surface area contributed by atoms with Crippen LogP contribution in [0.1, 0.15) is 52.4 Å². The summed E-state index contributed by atoms with van der Waals surface area (Å²) in [6.45, 7) is 7.70.